The first kappa shape index (κ1) is 11.6. The highest BCUT2D eigenvalue weighted by molar-refractivity contribution is 5.07. The van der Waals surface area contributed by atoms with Crippen molar-refractivity contribution in [1.29, 1.82) is 0 Å². The molecule has 1 fully saturated rings. The third-order valence-electron chi connectivity index (χ3n) is 3.24. The van der Waals surface area contributed by atoms with Gasteiger partial charge < -0.3 is 10.6 Å². The summed E-state index contributed by atoms with van der Waals surface area (Å²) >= 11 is 0. The molecule has 1 aromatic heterocycles. The zero-order valence-corrected chi connectivity index (χ0v) is 9.95. The molecule has 3 heteroatoms. The van der Waals surface area contributed by atoms with Gasteiger partial charge in [-0.3, -0.25) is 4.98 Å². The van der Waals surface area contributed by atoms with Crippen molar-refractivity contribution in [3.8, 4) is 0 Å². The van der Waals surface area contributed by atoms with Gasteiger partial charge in [-0.05, 0) is 57.5 Å². The van der Waals surface area contributed by atoms with Crippen LogP contribution in [0, 0.1) is 5.92 Å². The zero-order valence-electron chi connectivity index (χ0n) is 9.95. The van der Waals surface area contributed by atoms with Crippen molar-refractivity contribution < 1.29 is 0 Å². The average Bonchev–Trinajstić information content (AvgIpc) is 2.38. The summed E-state index contributed by atoms with van der Waals surface area (Å²) in [5, 5.41) is 7.01. The van der Waals surface area contributed by atoms with Crippen molar-refractivity contribution in [3.05, 3.63) is 30.1 Å². The van der Waals surface area contributed by atoms with Gasteiger partial charge in [-0.1, -0.05) is 6.07 Å². The Morgan fingerprint density at radius 1 is 1.56 bits per heavy atom. The highest BCUT2D eigenvalue weighted by Gasteiger charge is 2.14. The number of hydrogen-bond acceptors (Lipinski definition) is 3. The van der Waals surface area contributed by atoms with Crippen molar-refractivity contribution in [1.82, 2.24) is 15.6 Å². The molecule has 1 aliphatic rings. The van der Waals surface area contributed by atoms with Crippen molar-refractivity contribution in [2.24, 2.45) is 5.92 Å². The third-order valence-corrected chi connectivity index (χ3v) is 3.24. The van der Waals surface area contributed by atoms with E-state index in [0.29, 0.717) is 6.04 Å². The third kappa shape index (κ3) is 3.29. The fraction of sp³-hybridized carbons (Fsp3) is 0.615. The second-order valence-corrected chi connectivity index (χ2v) is 4.60. The predicted octanol–water partition coefficient (Wildman–Crippen LogP) is 1.73. The van der Waals surface area contributed by atoms with E-state index in [0.717, 1.165) is 24.7 Å². The Morgan fingerprint density at radius 3 is 3.19 bits per heavy atom. The molecule has 16 heavy (non-hydrogen) atoms. The molecule has 88 valence electrons. The lowest BCUT2D eigenvalue weighted by molar-refractivity contribution is 0.347. The Kier molecular flexibility index (Phi) is 4.31. The van der Waals surface area contributed by atoms with Gasteiger partial charge in [0.15, 0.2) is 0 Å². The summed E-state index contributed by atoms with van der Waals surface area (Å²) in [5.41, 5.74) is 1.13. The zero-order chi connectivity index (χ0) is 11.2. The van der Waals surface area contributed by atoms with Gasteiger partial charge in [-0.25, -0.2) is 0 Å². The second-order valence-electron chi connectivity index (χ2n) is 4.60. The van der Waals surface area contributed by atoms with E-state index in [1.54, 1.807) is 0 Å². The number of piperidine rings is 1. The van der Waals surface area contributed by atoms with Gasteiger partial charge in [-0.2, -0.15) is 0 Å². The van der Waals surface area contributed by atoms with Crippen LogP contribution in [-0.2, 0) is 0 Å². The lowest BCUT2D eigenvalue weighted by atomic mass is 9.99. The first-order valence-corrected chi connectivity index (χ1v) is 6.21. The molecule has 3 nitrogen and oxygen atoms in total. The number of nitrogens with zero attached hydrogens (tertiary/aromatic N) is 1. The molecule has 0 amide bonds. The molecule has 0 radical (unpaired) electrons. The summed E-state index contributed by atoms with van der Waals surface area (Å²) in [6, 6.07) is 6.43. The molecule has 0 aromatic carbocycles. The Hall–Kier alpha value is -0.930. The van der Waals surface area contributed by atoms with Crippen LogP contribution in [0.5, 0.6) is 0 Å². The molecular formula is C13H21N3. The molecule has 0 aliphatic carbocycles. The summed E-state index contributed by atoms with van der Waals surface area (Å²) in [7, 11) is 0. The first-order chi connectivity index (χ1) is 7.86. The van der Waals surface area contributed by atoms with Crippen molar-refractivity contribution in [2.75, 3.05) is 19.6 Å². The average molecular weight is 219 g/mol. The summed E-state index contributed by atoms with van der Waals surface area (Å²) in [4.78, 5) is 4.36. The van der Waals surface area contributed by atoms with E-state index < -0.39 is 0 Å². The van der Waals surface area contributed by atoms with Crippen LogP contribution in [0.15, 0.2) is 24.4 Å². The molecule has 1 saturated heterocycles. The number of pyridine rings is 1. The van der Waals surface area contributed by atoms with E-state index in [9.17, 15) is 0 Å². The smallest absolute Gasteiger partial charge is 0.0570 e. The van der Waals surface area contributed by atoms with Gasteiger partial charge in [0.25, 0.3) is 0 Å². The minimum Gasteiger partial charge on any atom is -0.316 e. The van der Waals surface area contributed by atoms with Gasteiger partial charge in [0.2, 0.25) is 0 Å². The maximum Gasteiger partial charge on any atom is 0.0570 e. The van der Waals surface area contributed by atoms with Gasteiger partial charge in [-0.15, -0.1) is 0 Å². The van der Waals surface area contributed by atoms with E-state index in [2.05, 4.69) is 28.6 Å². The molecule has 0 saturated carbocycles. The molecule has 2 rings (SSSR count). The lowest BCUT2D eigenvalue weighted by Gasteiger charge is -2.24. The fourth-order valence-corrected chi connectivity index (χ4v) is 2.18. The summed E-state index contributed by atoms with van der Waals surface area (Å²) in [6.07, 6.45) is 4.51. The van der Waals surface area contributed by atoms with Gasteiger partial charge in [0.1, 0.15) is 0 Å². The van der Waals surface area contributed by atoms with Crippen LogP contribution >= 0.6 is 0 Å². The van der Waals surface area contributed by atoms with Crippen LogP contribution < -0.4 is 10.6 Å². The number of aromatic nitrogens is 1. The van der Waals surface area contributed by atoms with E-state index in [-0.39, 0.29) is 0 Å². The number of hydrogen-bond donors (Lipinski definition) is 2. The summed E-state index contributed by atoms with van der Waals surface area (Å²) in [5.74, 6) is 0.778. The van der Waals surface area contributed by atoms with Gasteiger partial charge in [0.05, 0.1) is 5.69 Å². The Balaban J connectivity index is 1.77. The molecular weight excluding hydrogens is 198 g/mol. The van der Waals surface area contributed by atoms with E-state index in [4.69, 9.17) is 0 Å². The summed E-state index contributed by atoms with van der Waals surface area (Å²) < 4.78 is 0. The van der Waals surface area contributed by atoms with Crippen LogP contribution in [0.25, 0.3) is 0 Å². The summed E-state index contributed by atoms with van der Waals surface area (Å²) in [6.45, 7) is 5.61. The van der Waals surface area contributed by atoms with E-state index in [1.165, 1.54) is 19.4 Å². The largest absolute Gasteiger partial charge is 0.316 e. The molecule has 2 N–H and O–H groups in total. The van der Waals surface area contributed by atoms with Crippen molar-refractivity contribution in [2.45, 2.75) is 25.8 Å². The van der Waals surface area contributed by atoms with Crippen LogP contribution in [0.2, 0.25) is 0 Å². The Bertz CT molecular complexity index is 293. The molecule has 0 spiro atoms. The first-order valence-electron chi connectivity index (χ1n) is 6.21. The predicted molar refractivity (Wildman–Crippen MR) is 66.2 cm³/mol. The minimum atomic E-state index is 0.350. The molecule has 2 heterocycles. The van der Waals surface area contributed by atoms with Crippen molar-refractivity contribution >= 4 is 0 Å². The SMILES string of the molecule is C[C@H](NC[C@@H]1CCCNC1)c1ccccn1. The van der Waals surface area contributed by atoms with Crippen LogP contribution in [0.3, 0.4) is 0 Å². The fourth-order valence-electron chi connectivity index (χ4n) is 2.18. The monoisotopic (exact) mass is 219 g/mol. The van der Waals surface area contributed by atoms with Crippen LogP contribution in [0.4, 0.5) is 0 Å². The molecule has 1 aliphatic heterocycles. The lowest BCUT2D eigenvalue weighted by Crippen LogP contribution is -2.36. The van der Waals surface area contributed by atoms with E-state index in [1.807, 2.05) is 18.3 Å². The maximum absolute atomic E-state index is 4.36. The normalized spacial score (nSPS) is 22.9. The van der Waals surface area contributed by atoms with Crippen LogP contribution in [0.1, 0.15) is 31.5 Å². The Morgan fingerprint density at radius 2 is 2.50 bits per heavy atom. The number of nitrogens with one attached hydrogen (secondary N) is 2. The van der Waals surface area contributed by atoms with E-state index >= 15 is 0 Å². The van der Waals surface area contributed by atoms with Gasteiger partial charge in [0, 0.05) is 12.2 Å². The molecule has 0 bridgehead atoms. The molecule has 2 atom stereocenters. The molecule has 0 unspecified atom stereocenters. The van der Waals surface area contributed by atoms with Crippen molar-refractivity contribution in [3.63, 3.8) is 0 Å². The molecule has 1 aromatic rings. The quantitative estimate of drug-likeness (QED) is 0.810. The van der Waals surface area contributed by atoms with Gasteiger partial charge >= 0.3 is 0 Å². The highest BCUT2D eigenvalue weighted by Crippen LogP contribution is 2.12. The highest BCUT2D eigenvalue weighted by atomic mass is 15.0. The standard InChI is InChI=1S/C13H21N3/c1-11(13-6-2-3-8-15-13)16-10-12-5-4-7-14-9-12/h2-3,6,8,11-12,14,16H,4-5,7,9-10H2,1H3/t11-,12+/m0/s1. The minimum absolute atomic E-state index is 0.350. The van der Waals surface area contributed by atoms with Crippen LogP contribution in [-0.4, -0.2) is 24.6 Å². The second kappa shape index (κ2) is 5.97. The topological polar surface area (TPSA) is 37.0 Å². The Labute approximate surface area is 97.7 Å². The number of rotatable bonds is 4. The maximum atomic E-state index is 4.36.